The quantitative estimate of drug-likeness (QED) is 0.790. The Morgan fingerprint density at radius 2 is 2.11 bits per heavy atom. The zero-order valence-electron chi connectivity index (χ0n) is 11.4. The fraction of sp³-hybridized carbons (Fsp3) is 0.625. The Balaban J connectivity index is 1.92. The lowest BCUT2D eigenvalue weighted by Gasteiger charge is -2.18. The topological polar surface area (TPSA) is 32.3 Å². The molecule has 0 aromatic heterocycles. The van der Waals surface area contributed by atoms with Crippen LogP contribution in [0.25, 0.3) is 0 Å². The van der Waals surface area contributed by atoms with Crippen LogP contribution in [-0.2, 0) is 6.61 Å². The lowest BCUT2D eigenvalue weighted by Crippen LogP contribution is -2.18. The number of anilines is 1. The van der Waals surface area contributed by atoms with Gasteiger partial charge >= 0.3 is 0 Å². The average Bonchev–Trinajstić information content (AvgIpc) is 2.64. The van der Waals surface area contributed by atoms with E-state index in [1.54, 1.807) is 0 Å². The monoisotopic (exact) mass is 247 g/mol. The molecule has 18 heavy (non-hydrogen) atoms. The van der Waals surface area contributed by atoms with E-state index in [4.69, 9.17) is 5.11 Å². The maximum absolute atomic E-state index is 9.15. The molecular formula is C16H25NO. The molecule has 0 heterocycles. The van der Waals surface area contributed by atoms with E-state index in [1.165, 1.54) is 38.5 Å². The third-order valence-corrected chi connectivity index (χ3v) is 4.15. The fourth-order valence-electron chi connectivity index (χ4n) is 2.93. The van der Waals surface area contributed by atoms with Gasteiger partial charge in [-0.05, 0) is 42.9 Å². The molecule has 2 nitrogen and oxygen atoms in total. The van der Waals surface area contributed by atoms with Gasteiger partial charge in [0, 0.05) is 11.7 Å². The van der Waals surface area contributed by atoms with Gasteiger partial charge in [0.25, 0.3) is 0 Å². The highest BCUT2D eigenvalue weighted by Crippen LogP contribution is 2.27. The predicted molar refractivity (Wildman–Crippen MR) is 76.6 cm³/mol. The molecule has 2 N–H and O–H groups in total. The van der Waals surface area contributed by atoms with Crippen molar-refractivity contribution in [2.45, 2.75) is 58.1 Å². The van der Waals surface area contributed by atoms with Crippen LogP contribution in [-0.4, -0.2) is 11.1 Å². The lowest BCUT2D eigenvalue weighted by molar-refractivity contribution is 0.282. The zero-order valence-corrected chi connectivity index (χ0v) is 11.4. The fourth-order valence-corrected chi connectivity index (χ4v) is 2.93. The third kappa shape index (κ3) is 3.74. The van der Waals surface area contributed by atoms with Crippen LogP contribution in [0, 0.1) is 5.92 Å². The van der Waals surface area contributed by atoms with Gasteiger partial charge in [-0.1, -0.05) is 38.3 Å². The molecule has 1 aliphatic carbocycles. The van der Waals surface area contributed by atoms with E-state index in [0.29, 0.717) is 6.04 Å². The average molecular weight is 247 g/mol. The molecule has 2 heteroatoms. The highest BCUT2D eigenvalue weighted by molar-refractivity contribution is 5.46. The molecule has 1 saturated carbocycles. The third-order valence-electron chi connectivity index (χ3n) is 4.15. The first-order chi connectivity index (χ1) is 8.81. The summed E-state index contributed by atoms with van der Waals surface area (Å²) < 4.78 is 0. The molecule has 2 atom stereocenters. The van der Waals surface area contributed by atoms with Gasteiger partial charge in [0.2, 0.25) is 0 Å². The van der Waals surface area contributed by atoms with E-state index >= 15 is 0 Å². The summed E-state index contributed by atoms with van der Waals surface area (Å²) in [6, 6.07) is 8.74. The molecule has 0 saturated heterocycles. The smallest absolute Gasteiger partial charge is 0.0682 e. The van der Waals surface area contributed by atoms with Gasteiger partial charge in [-0.3, -0.25) is 0 Å². The van der Waals surface area contributed by atoms with E-state index in [-0.39, 0.29) is 6.61 Å². The first kappa shape index (κ1) is 13.4. The second kappa shape index (κ2) is 6.79. The first-order valence-electron chi connectivity index (χ1n) is 7.28. The van der Waals surface area contributed by atoms with Crippen molar-refractivity contribution < 1.29 is 5.11 Å². The van der Waals surface area contributed by atoms with Crippen molar-refractivity contribution in [1.82, 2.24) is 0 Å². The van der Waals surface area contributed by atoms with Crippen LogP contribution in [0.1, 0.15) is 51.0 Å². The summed E-state index contributed by atoms with van der Waals surface area (Å²) in [7, 11) is 0. The number of hydrogen-bond donors (Lipinski definition) is 2. The molecule has 100 valence electrons. The summed E-state index contributed by atoms with van der Waals surface area (Å²) in [5.74, 6) is 0.931. The van der Waals surface area contributed by atoms with Crippen LogP contribution >= 0.6 is 0 Å². The molecular weight excluding hydrogens is 222 g/mol. The Morgan fingerprint density at radius 1 is 1.22 bits per heavy atom. The van der Waals surface area contributed by atoms with Crippen LogP contribution in [0.5, 0.6) is 0 Å². The van der Waals surface area contributed by atoms with Crippen LogP contribution < -0.4 is 5.32 Å². The maximum atomic E-state index is 9.15. The van der Waals surface area contributed by atoms with Gasteiger partial charge < -0.3 is 10.4 Å². The first-order valence-corrected chi connectivity index (χ1v) is 7.28. The largest absolute Gasteiger partial charge is 0.392 e. The Bertz CT molecular complexity index is 364. The minimum atomic E-state index is 0.123. The molecule has 0 aliphatic heterocycles. The van der Waals surface area contributed by atoms with Crippen LogP contribution in [0.2, 0.25) is 0 Å². The van der Waals surface area contributed by atoms with Gasteiger partial charge in [-0.25, -0.2) is 0 Å². The molecule has 2 unspecified atom stereocenters. The summed E-state index contributed by atoms with van der Waals surface area (Å²) in [6.07, 6.45) is 7.98. The van der Waals surface area contributed by atoms with Gasteiger partial charge in [0.1, 0.15) is 0 Å². The molecule has 2 rings (SSSR count). The summed E-state index contributed by atoms with van der Waals surface area (Å²) in [6.45, 7) is 2.43. The van der Waals surface area contributed by atoms with Gasteiger partial charge in [0.15, 0.2) is 0 Å². The SMILES string of the molecule is CCC1CCCC(Nc2cccc(CO)c2)CC1. The normalized spacial score (nSPS) is 24.6. The number of nitrogens with one attached hydrogen (secondary N) is 1. The number of hydrogen-bond acceptors (Lipinski definition) is 2. The Hall–Kier alpha value is -1.02. The summed E-state index contributed by atoms with van der Waals surface area (Å²) in [5.41, 5.74) is 2.14. The van der Waals surface area contributed by atoms with Crippen molar-refractivity contribution in [2.24, 2.45) is 5.92 Å². The number of benzene rings is 1. The van der Waals surface area contributed by atoms with Crippen LogP contribution in [0.4, 0.5) is 5.69 Å². The van der Waals surface area contributed by atoms with Crippen LogP contribution in [0.15, 0.2) is 24.3 Å². The van der Waals surface area contributed by atoms with Crippen LogP contribution in [0.3, 0.4) is 0 Å². The summed E-state index contributed by atoms with van der Waals surface area (Å²) >= 11 is 0. The summed E-state index contributed by atoms with van der Waals surface area (Å²) in [5, 5.41) is 12.8. The second-order valence-electron chi connectivity index (χ2n) is 5.48. The molecule has 0 spiro atoms. The molecule has 1 fully saturated rings. The molecule has 1 aliphatic rings. The van der Waals surface area contributed by atoms with Gasteiger partial charge in [-0.15, -0.1) is 0 Å². The summed E-state index contributed by atoms with van der Waals surface area (Å²) in [4.78, 5) is 0. The van der Waals surface area contributed by atoms with Crippen molar-refractivity contribution in [3.8, 4) is 0 Å². The standard InChI is InChI=1S/C16H25NO/c1-2-13-5-3-7-15(10-9-13)17-16-8-4-6-14(11-16)12-18/h4,6,8,11,13,15,17-18H,2-3,5,7,9-10,12H2,1H3. The van der Waals surface area contributed by atoms with E-state index < -0.39 is 0 Å². The van der Waals surface area contributed by atoms with Crippen molar-refractivity contribution >= 4 is 5.69 Å². The highest BCUT2D eigenvalue weighted by atomic mass is 16.3. The van der Waals surface area contributed by atoms with Crippen molar-refractivity contribution in [3.63, 3.8) is 0 Å². The van der Waals surface area contributed by atoms with Gasteiger partial charge in [0.05, 0.1) is 6.61 Å². The molecule has 1 aromatic rings. The Morgan fingerprint density at radius 3 is 2.89 bits per heavy atom. The van der Waals surface area contributed by atoms with Gasteiger partial charge in [-0.2, -0.15) is 0 Å². The number of aliphatic hydroxyl groups excluding tert-OH is 1. The molecule has 1 aromatic carbocycles. The highest BCUT2D eigenvalue weighted by Gasteiger charge is 2.17. The maximum Gasteiger partial charge on any atom is 0.0682 e. The van der Waals surface area contributed by atoms with E-state index in [2.05, 4.69) is 24.4 Å². The van der Waals surface area contributed by atoms with Crippen molar-refractivity contribution in [1.29, 1.82) is 0 Å². The van der Waals surface area contributed by atoms with Crippen molar-refractivity contribution in [3.05, 3.63) is 29.8 Å². The Kier molecular flexibility index (Phi) is 5.06. The minimum absolute atomic E-state index is 0.123. The van der Waals surface area contributed by atoms with Crippen molar-refractivity contribution in [2.75, 3.05) is 5.32 Å². The zero-order chi connectivity index (χ0) is 12.8. The van der Waals surface area contributed by atoms with E-state index in [0.717, 1.165) is 17.2 Å². The number of rotatable bonds is 4. The van der Waals surface area contributed by atoms with E-state index in [1.807, 2.05) is 12.1 Å². The lowest BCUT2D eigenvalue weighted by atomic mass is 9.98. The molecule has 0 amide bonds. The molecule has 0 bridgehead atoms. The second-order valence-corrected chi connectivity index (χ2v) is 5.48. The Labute approximate surface area is 110 Å². The number of aliphatic hydroxyl groups is 1. The minimum Gasteiger partial charge on any atom is -0.392 e. The molecule has 0 radical (unpaired) electrons. The van der Waals surface area contributed by atoms with E-state index in [9.17, 15) is 0 Å². The predicted octanol–water partition coefficient (Wildman–Crippen LogP) is 3.95.